The van der Waals surface area contributed by atoms with Gasteiger partial charge in [-0.3, -0.25) is 4.79 Å². The number of nitrogens with zero attached hydrogens (tertiary/aromatic N) is 1. The largest absolute Gasteiger partial charge is 0.321 e. The first-order valence-corrected chi connectivity index (χ1v) is 5.64. The number of aromatic nitrogens is 1. The van der Waals surface area contributed by atoms with Crippen molar-refractivity contribution in [1.29, 1.82) is 0 Å². The van der Waals surface area contributed by atoms with Crippen molar-refractivity contribution in [3.63, 3.8) is 0 Å². The number of halogens is 2. The van der Waals surface area contributed by atoms with Crippen LogP contribution < -0.4 is 5.32 Å². The van der Waals surface area contributed by atoms with Crippen LogP contribution in [0.2, 0.25) is 5.15 Å². The molecule has 3 nitrogen and oxygen atoms in total. The van der Waals surface area contributed by atoms with Crippen molar-refractivity contribution in [3.8, 4) is 0 Å². The molecule has 0 radical (unpaired) electrons. The summed E-state index contributed by atoms with van der Waals surface area (Å²) in [4.78, 5) is 15.8. The van der Waals surface area contributed by atoms with Gasteiger partial charge in [-0.1, -0.05) is 23.7 Å². The molecule has 0 saturated carbocycles. The molecule has 0 bridgehead atoms. The van der Waals surface area contributed by atoms with E-state index < -0.39 is 11.7 Å². The SMILES string of the molecule is Cc1cnc(Cl)cc1NC(=O)c1ccccc1F. The molecule has 0 atom stereocenters. The van der Waals surface area contributed by atoms with Gasteiger partial charge in [-0.25, -0.2) is 9.37 Å². The summed E-state index contributed by atoms with van der Waals surface area (Å²) in [5.74, 6) is -1.08. The zero-order valence-electron chi connectivity index (χ0n) is 9.58. The molecule has 0 aliphatic rings. The maximum absolute atomic E-state index is 13.4. The average molecular weight is 265 g/mol. The van der Waals surface area contributed by atoms with Gasteiger partial charge in [0.1, 0.15) is 11.0 Å². The zero-order valence-corrected chi connectivity index (χ0v) is 10.3. The van der Waals surface area contributed by atoms with Crippen molar-refractivity contribution in [2.75, 3.05) is 5.32 Å². The Bertz CT molecular complexity index is 601. The molecule has 18 heavy (non-hydrogen) atoms. The highest BCUT2D eigenvalue weighted by Crippen LogP contribution is 2.19. The molecule has 5 heteroatoms. The number of hydrogen-bond donors (Lipinski definition) is 1. The predicted octanol–water partition coefficient (Wildman–Crippen LogP) is 3.43. The minimum atomic E-state index is -0.562. The summed E-state index contributed by atoms with van der Waals surface area (Å²) < 4.78 is 13.4. The lowest BCUT2D eigenvalue weighted by molar-refractivity contribution is 0.102. The number of benzene rings is 1. The molecule has 0 fully saturated rings. The van der Waals surface area contributed by atoms with E-state index in [1.807, 2.05) is 0 Å². The second kappa shape index (κ2) is 5.14. The Balaban J connectivity index is 2.27. The second-order valence-electron chi connectivity index (χ2n) is 3.76. The molecule has 1 aromatic heterocycles. The van der Waals surface area contributed by atoms with E-state index in [1.165, 1.54) is 24.3 Å². The minimum Gasteiger partial charge on any atom is -0.321 e. The van der Waals surface area contributed by atoms with Crippen LogP contribution >= 0.6 is 11.6 Å². The number of rotatable bonds is 2. The van der Waals surface area contributed by atoms with Gasteiger partial charge in [0.2, 0.25) is 0 Å². The normalized spacial score (nSPS) is 10.2. The van der Waals surface area contributed by atoms with E-state index in [2.05, 4.69) is 10.3 Å². The molecule has 1 heterocycles. The summed E-state index contributed by atoms with van der Waals surface area (Å²) in [7, 11) is 0. The number of anilines is 1. The molecule has 0 spiro atoms. The fraction of sp³-hybridized carbons (Fsp3) is 0.0769. The highest BCUT2D eigenvalue weighted by Gasteiger charge is 2.12. The van der Waals surface area contributed by atoms with Gasteiger partial charge in [0.05, 0.1) is 5.56 Å². The lowest BCUT2D eigenvalue weighted by Crippen LogP contribution is -2.14. The fourth-order valence-electron chi connectivity index (χ4n) is 1.47. The van der Waals surface area contributed by atoms with Crippen molar-refractivity contribution in [2.45, 2.75) is 6.92 Å². The van der Waals surface area contributed by atoms with Gasteiger partial charge in [-0.15, -0.1) is 0 Å². The van der Waals surface area contributed by atoms with E-state index in [0.29, 0.717) is 5.69 Å². The molecule has 92 valence electrons. The molecular formula is C13H10ClFN2O. The molecule has 2 rings (SSSR count). The molecule has 0 aliphatic heterocycles. The number of pyridine rings is 1. The highest BCUT2D eigenvalue weighted by atomic mass is 35.5. The first kappa shape index (κ1) is 12.5. The summed E-state index contributed by atoms with van der Waals surface area (Å²) >= 11 is 5.74. The topological polar surface area (TPSA) is 42.0 Å². The first-order chi connectivity index (χ1) is 8.58. The van der Waals surface area contributed by atoms with Gasteiger partial charge in [0.25, 0.3) is 5.91 Å². The van der Waals surface area contributed by atoms with Gasteiger partial charge in [0, 0.05) is 11.9 Å². The van der Waals surface area contributed by atoms with Gasteiger partial charge < -0.3 is 5.32 Å². The molecule has 0 saturated heterocycles. The van der Waals surface area contributed by atoms with Crippen molar-refractivity contribution >= 4 is 23.2 Å². The predicted molar refractivity (Wildman–Crippen MR) is 68.3 cm³/mol. The van der Waals surface area contributed by atoms with Crippen molar-refractivity contribution in [3.05, 3.63) is 58.6 Å². The van der Waals surface area contributed by atoms with Crippen LogP contribution in [0.25, 0.3) is 0 Å². The lowest BCUT2D eigenvalue weighted by Gasteiger charge is -2.08. The summed E-state index contributed by atoms with van der Waals surface area (Å²) in [6.07, 6.45) is 1.54. The van der Waals surface area contributed by atoms with Crippen LogP contribution in [0.4, 0.5) is 10.1 Å². The smallest absolute Gasteiger partial charge is 0.258 e. The van der Waals surface area contributed by atoms with Crippen LogP contribution in [0.1, 0.15) is 15.9 Å². The van der Waals surface area contributed by atoms with Crippen LogP contribution in [0, 0.1) is 12.7 Å². The molecule has 1 N–H and O–H groups in total. The molecule has 0 unspecified atom stereocenters. The van der Waals surface area contributed by atoms with Crippen molar-refractivity contribution in [2.24, 2.45) is 0 Å². The van der Waals surface area contributed by atoms with Gasteiger partial charge in [0.15, 0.2) is 0 Å². The van der Waals surface area contributed by atoms with Crippen LogP contribution in [0.15, 0.2) is 36.5 Å². The van der Waals surface area contributed by atoms with Crippen molar-refractivity contribution < 1.29 is 9.18 Å². The maximum atomic E-state index is 13.4. The Morgan fingerprint density at radius 2 is 2.11 bits per heavy atom. The Kier molecular flexibility index (Phi) is 3.58. The monoisotopic (exact) mass is 264 g/mol. The third-order valence-electron chi connectivity index (χ3n) is 2.44. The Morgan fingerprint density at radius 3 is 2.83 bits per heavy atom. The quantitative estimate of drug-likeness (QED) is 0.845. The number of carbonyl (C=O) groups excluding carboxylic acids is 1. The van der Waals surface area contributed by atoms with E-state index in [1.54, 1.807) is 19.2 Å². The first-order valence-electron chi connectivity index (χ1n) is 5.26. The van der Waals surface area contributed by atoms with Crippen LogP contribution in [0.3, 0.4) is 0 Å². The summed E-state index contributed by atoms with van der Waals surface area (Å²) in [6, 6.07) is 7.31. The number of hydrogen-bond acceptors (Lipinski definition) is 2. The third kappa shape index (κ3) is 2.65. The van der Waals surface area contributed by atoms with E-state index in [-0.39, 0.29) is 10.7 Å². The number of nitrogens with one attached hydrogen (secondary N) is 1. The highest BCUT2D eigenvalue weighted by molar-refractivity contribution is 6.29. The zero-order chi connectivity index (χ0) is 13.1. The van der Waals surface area contributed by atoms with Gasteiger partial charge in [-0.2, -0.15) is 0 Å². The van der Waals surface area contributed by atoms with Crippen LogP contribution in [0.5, 0.6) is 0 Å². The maximum Gasteiger partial charge on any atom is 0.258 e. The molecule has 0 aliphatic carbocycles. The third-order valence-corrected chi connectivity index (χ3v) is 2.64. The molecule has 1 aromatic carbocycles. The van der Waals surface area contributed by atoms with Gasteiger partial charge >= 0.3 is 0 Å². The van der Waals surface area contributed by atoms with Crippen LogP contribution in [-0.2, 0) is 0 Å². The molecule has 1 amide bonds. The van der Waals surface area contributed by atoms with E-state index in [9.17, 15) is 9.18 Å². The number of carbonyl (C=O) groups is 1. The van der Waals surface area contributed by atoms with E-state index >= 15 is 0 Å². The number of aryl methyl sites for hydroxylation is 1. The Labute approximate surface area is 109 Å². The number of amides is 1. The standard InChI is InChI=1S/C13H10ClFN2O/c1-8-7-16-12(14)6-11(8)17-13(18)9-4-2-3-5-10(9)15/h2-7H,1H3,(H,16,17,18). The molecule has 2 aromatic rings. The summed E-state index contributed by atoms with van der Waals surface area (Å²) in [5, 5.41) is 2.87. The van der Waals surface area contributed by atoms with E-state index in [4.69, 9.17) is 11.6 Å². The van der Waals surface area contributed by atoms with Crippen LogP contribution in [-0.4, -0.2) is 10.9 Å². The Morgan fingerprint density at radius 1 is 1.39 bits per heavy atom. The van der Waals surface area contributed by atoms with E-state index in [0.717, 1.165) is 5.56 Å². The second-order valence-corrected chi connectivity index (χ2v) is 4.14. The summed E-state index contributed by atoms with van der Waals surface area (Å²) in [6.45, 7) is 1.78. The minimum absolute atomic E-state index is 0.00941. The Hall–Kier alpha value is -1.94. The van der Waals surface area contributed by atoms with Gasteiger partial charge in [-0.05, 0) is 30.7 Å². The summed E-state index contributed by atoms with van der Waals surface area (Å²) in [5.41, 5.74) is 1.26. The lowest BCUT2D eigenvalue weighted by atomic mass is 10.2. The fourth-order valence-corrected chi connectivity index (χ4v) is 1.63. The van der Waals surface area contributed by atoms with Crippen molar-refractivity contribution in [1.82, 2.24) is 4.98 Å². The molecular weight excluding hydrogens is 255 g/mol. The average Bonchev–Trinajstić information content (AvgIpc) is 2.34.